The van der Waals surface area contributed by atoms with E-state index in [0.717, 1.165) is 22.3 Å². The molecule has 2 aliphatic rings. The van der Waals surface area contributed by atoms with Crippen molar-refractivity contribution in [2.24, 2.45) is 0 Å². The van der Waals surface area contributed by atoms with Crippen LogP contribution in [0.1, 0.15) is 17.5 Å². The Morgan fingerprint density at radius 1 is 1.24 bits per heavy atom. The molecule has 1 aromatic carbocycles. The van der Waals surface area contributed by atoms with Gasteiger partial charge in [0.1, 0.15) is 0 Å². The number of benzene rings is 1. The fourth-order valence-corrected chi connectivity index (χ4v) is 2.54. The molecule has 86 valence electrons. The van der Waals surface area contributed by atoms with Crippen LogP contribution < -0.4 is 0 Å². The summed E-state index contributed by atoms with van der Waals surface area (Å²) in [5.41, 5.74) is 3.66. The van der Waals surface area contributed by atoms with Crippen molar-refractivity contribution in [3.05, 3.63) is 47.2 Å². The third-order valence-corrected chi connectivity index (χ3v) is 3.20. The second kappa shape index (κ2) is 3.65. The van der Waals surface area contributed by atoms with E-state index >= 15 is 0 Å². The summed E-state index contributed by atoms with van der Waals surface area (Å²) in [6, 6.07) is 7.62. The van der Waals surface area contributed by atoms with E-state index in [1.165, 1.54) is 6.08 Å². The Morgan fingerprint density at radius 3 is 2.65 bits per heavy atom. The van der Waals surface area contributed by atoms with Gasteiger partial charge in [-0.3, -0.25) is 9.35 Å². The lowest BCUT2D eigenvalue weighted by atomic mass is 9.75. The topological polar surface area (TPSA) is 63.6 Å². The molecule has 0 spiro atoms. The van der Waals surface area contributed by atoms with Crippen molar-refractivity contribution in [3.63, 3.8) is 0 Å². The van der Waals surface area contributed by atoms with Crippen molar-refractivity contribution in [1.82, 2.24) is 0 Å². The largest absolute Gasteiger partial charge is 0.379 e. The average molecular weight is 248 g/mol. The molecule has 0 aliphatic heterocycles. The van der Waals surface area contributed by atoms with Crippen molar-refractivity contribution in [3.8, 4) is 0 Å². The molecule has 4 nitrogen and oxygen atoms in total. The number of carbonyl (C=O) groups excluding carboxylic acids is 1. The molecule has 1 N–H and O–H groups in total. The maximum absolute atomic E-state index is 11.5. The number of hydrogen-bond donors (Lipinski definition) is 1. The molecule has 0 amide bonds. The van der Waals surface area contributed by atoms with Gasteiger partial charge >= 0.3 is 11.4 Å². The fraction of sp³-hybridized carbons (Fsp3) is 0.0833. The van der Waals surface area contributed by atoms with E-state index in [-0.39, 0.29) is 11.5 Å². The summed E-state index contributed by atoms with van der Waals surface area (Å²) in [6.45, 7) is 0. The van der Waals surface area contributed by atoms with Gasteiger partial charge in [-0.05, 0) is 16.7 Å². The molecular formula is C12H8O4S. The lowest BCUT2D eigenvalue weighted by Crippen LogP contribution is -2.18. The van der Waals surface area contributed by atoms with E-state index < -0.39 is 11.4 Å². The summed E-state index contributed by atoms with van der Waals surface area (Å²) in [7, 11) is 0. The number of ketones is 1. The van der Waals surface area contributed by atoms with Gasteiger partial charge in [-0.2, -0.15) is 4.21 Å². The van der Waals surface area contributed by atoms with Gasteiger partial charge in [0.05, 0.1) is 0 Å². The Bertz CT molecular complexity index is 613. The van der Waals surface area contributed by atoms with Crippen LogP contribution in [0.5, 0.6) is 0 Å². The molecule has 0 fully saturated rings. The van der Waals surface area contributed by atoms with Crippen LogP contribution in [-0.2, 0) is 20.3 Å². The highest BCUT2D eigenvalue weighted by Crippen LogP contribution is 2.48. The Balaban J connectivity index is 2.07. The van der Waals surface area contributed by atoms with Crippen molar-refractivity contribution in [2.45, 2.75) is 6.42 Å². The SMILES string of the molecule is O=C1C=C(OS(=O)O)C2=C(C1)c1ccccc12. The molecule has 0 bridgehead atoms. The van der Waals surface area contributed by atoms with Gasteiger partial charge in [0.15, 0.2) is 11.5 Å². The first-order chi connectivity index (χ1) is 8.16. The fourth-order valence-electron chi connectivity index (χ4n) is 2.25. The first kappa shape index (κ1) is 10.4. The first-order valence-electron chi connectivity index (χ1n) is 5.04. The van der Waals surface area contributed by atoms with Crippen LogP contribution in [0.4, 0.5) is 0 Å². The highest BCUT2D eigenvalue weighted by atomic mass is 32.2. The van der Waals surface area contributed by atoms with Gasteiger partial charge in [0.25, 0.3) is 0 Å². The van der Waals surface area contributed by atoms with Crippen LogP contribution in [-0.4, -0.2) is 14.5 Å². The number of carbonyl (C=O) groups is 1. The van der Waals surface area contributed by atoms with E-state index in [1.54, 1.807) is 0 Å². The van der Waals surface area contributed by atoms with E-state index in [9.17, 15) is 9.00 Å². The standard InChI is InChI=1S/C12H8O4S/c13-7-5-10-8-3-1-2-4-9(8)12(10)11(6-7)16-17(14)15/h1-4,6H,5H2,(H,14,15). The molecule has 3 rings (SSSR count). The molecule has 0 aromatic heterocycles. The first-order valence-corrected chi connectivity index (χ1v) is 6.07. The van der Waals surface area contributed by atoms with Gasteiger partial charge in [0.2, 0.25) is 0 Å². The summed E-state index contributed by atoms with van der Waals surface area (Å²) < 4.78 is 24.2. The quantitative estimate of drug-likeness (QED) is 0.812. The molecule has 0 saturated heterocycles. The van der Waals surface area contributed by atoms with Crippen LogP contribution >= 0.6 is 0 Å². The minimum atomic E-state index is -2.41. The van der Waals surface area contributed by atoms with Crippen molar-refractivity contribution >= 4 is 28.3 Å². The van der Waals surface area contributed by atoms with E-state index in [2.05, 4.69) is 0 Å². The van der Waals surface area contributed by atoms with Crippen LogP contribution in [0.3, 0.4) is 0 Å². The van der Waals surface area contributed by atoms with Gasteiger partial charge in [-0.25, -0.2) is 0 Å². The van der Waals surface area contributed by atoms with Crippen LogP contribution in [0.25, 0.3) is 11.1 Å². The monoisotopic (exact) mass is 248 g/mol. The number of allylic oxidation sites excluding steroid dienone is 3. The second-order valence-corrected chi connectivity index (χ2v) is 4.45. The number of rotatable bonds is 2. The Hall–Kier alpha value is -1.72. The lowest BCUT2D eigenvalue weighted by Gasteiger charge is -2.30. The minimum Gasteiger partial charge on any atom is -0.379 e. The van der Waals surface area contributed by atoms with E-state index in [1.807, 2.05) is 24.3 Å². The van der Waals surface area contributed by atoms with Gasteiger partial charge < -0.3 is 4.18 Å². The summed E-state index contributed by atoms with van der Waals surface area (Å²) in [4.78, 5) is 11.5. The number of fused-ring (bicyclic) bond motifs is 3. The van der Waals surface area contributed by atoms with Gasteiger partial charge in [0, 0.05) is 18.1 Å². The van der Waals surface area contributed by atoms with Crippen LogP contribution in [0, 0.1) is 0 Å². The molecule has 1 unspecified atom stereocenters. The molecule has 0 heterocycles. The second-order valence-electron chi connectivity index (χ2n) is 3.85. The number of hydrogen-bond acceptors (Lipinski definition) is 3. The van der Waals surface area contributed by atoms with Crippen molar-refractivity contribution in [1.29, 1.82) is 0 Å². The predicted molar refractivity (Wildman–Crippen MR) is 62.8 cm³/mol. The predicted octanol–water partition coefficient (Wildman–Crippen LogP) is 1.92. The molecule has 17 heavy (non-hydrogen) atoms. The van der Waals surface area contributed by atoms with Crippen molar-refractivity contribution in [2.75, 3.05) is 0 Å². The van der Waals surface area contributed by atoms with Crippen LogP contribution in [0.2, 0.25) is 0 Å². The molecule has 0 radical (unpaired) electrons. The minimum absolute atomic E-state index is 0.112. The molecule has 1 atom stereocenters. The molecule has 5 heteroatoms. The summed E-state index contributed by atoms with van der Waals surface area (Å²) >= 11 is -2.41. The summed E-state index contributed by atoms with van der Waals surface area (Å²) in [5, 5.41) is 0. The maximum Gasteiger partial charge on any atom is 0.357 e. The highest BCUT2D eigenvalue weighted by molar-refractivity contribution is 7.74. The smallest absolute Gasteiger partial charge is 0.357 e. The summed E-state index contributed by atoms with van der Waals surface area (Å²) in [5.74, 6) is 0.0782. The zero-order valence-electron chi connectivity index (χ0n) is 8.67. The molecule has 0 saturated carbocycles. The Kier molecular flexibility index (Phi) is 2.24. The van der Waals surface area contributed by atoms with Gasteiger partial charge in [-0.1, -0.05) is 24.3 Å². The Labute approximate surface area is 100 Å². The zero-order chi connectivity index (χ0) is 12.0. The third-order valence-electron chi connectivity index (χ3n) is 2.87. The average Bonchev–Trinajstić information content (AvgIpc) is 2.25. The van der Waals surface area contributed by atoms with Gasteiger partial charge in [-0.15, -0.1) is 0 Å². The van der Waals surface area contributed by atoms with Crippen molar-refractivity contribution < 1.29 is 17.7 Å². The zero-order valence-corrected chi connectivity index (χ0v) is 9.49. The third kappa shape index (κ3) is 1.55. The summed E-state index contributed by atoms with van der Waals surface area (Å²) in [6.07, 6.45) is 1.61. The Morgan fingerprint density at radius 2 is 1.94 bits per heavy atom. The normalized spacial score (nSPS) is 18.9. The van der Waals surface area contributed by atoms with E-state index in [4.69, 9.17) is 8.74 Å². The molecule has 2 aliphatic carbocycles. The maximum atomic E-state index is 11.5. The van der Waals surface area contributed by atoms with Crippen LogP contribution in [0.15, 0.2) is 36.1 Å². The molecular weight excluding hydrogens is 240 g/mol. The van der Waals surface area contributed by atoms with E-state index in [0.29, 0.717) is 6.42 Å². The lowest BCUT2D eigenvalue weighted by molar-refractivity contribution is -0.113. The molecule has 1 aromatic rings. The highest BCUT2D eigenvalue weighted by Gasteiger charge is 2.34.